The van der Waals surface area contributed by atoms with E-state index in [9.17, 15) is 19.2 Å². The molecule has 2 aliphatic rings. The highest BCUT2D eigenvalue weighted by molar-refractivity contribution is 5.96. The first kappa shape index (κ1) is 33.7. The van der Waals surface area contributed by atoms with E-state index in [4.69, 9.17) is 6.42 Å². The lowest BCUT2D eigenvalue weighted by atomic mass is 9.91. The number of terminal acetylenes is 1. The molecular weight excluding hydrogens is 570 g/mol. The summed E-state index contributed by atoms with van der Waals surface area (Å²) in [4.78, 5) is 56.4. The first-order chi connectivity index (χ1) is 21.8. The van der Waals surface area contributed by atoms with E-state index in [1.54, 1.807) is 13.0 Å². The molecule has 1 saturated heterocycles. The Morgan fingerprint density at radius 2 is 1.62 bits per heavy atom. The van der Waals surface area contributed by atoms with Gasteiger partial charge in [0, 0.05) is 51.8 Å². The predicted molar refractivity (Wildman–Crippen MR) is 172 cm³/mol. The van der Waals surface area contributed by atoms with Gasteiger partial charge in [-0.2, -0.15) is 5.10 Å². The molecule has 45 heavy (non-hydrogen) atoms. The molecule has 2 heterocycles. The summed E-state index contributed by atoms with van der Waals surface area (Å²) in [7, 11) is 2.04. The van der Waals surface area contributed by atoms with E-state index >= 15 is 0 Å². The molecular formula is C34H47N7O4. The molecule has 1 aliphatic carbocycles. The Labute approximate surface area is 266 Å². The number of aromatic nitrogens is 2. The van der Waals surface area contributed by atoms with Gasteiger partial charge in [0.2, 0.25) is 17.7 Å². The molecule has 0 unspecified atom stereocenters. The fourth-order valence-corrected chi connectivity index (χ4v) is 6.07. The maximum absolute atomic E-state index is 13.6. The summed E-state index contributed by atoms with van der Waals surface area (Å²) in [6, 6.07) is 8.01. The van der Waals surface area contributed by atoms with Crippen LogP contribution in [0.3, 0.4) is 0 Å². The molecule has 3 N–H and O–H groups in total. The van der Waals surface area contributed by atoms with Crippen LogP contribution in [0, 0.1) is 18.3 Å². The van der Waals surface area contributed by atoms with Crippen molar-refractivity contribution >= 4 is 23.6 Å². The molecule has 2 aromatic rings. The number of benzene rings is 1. The first-order valence-electron chi connectivity index (χ1n) is 16.2. The number of hydrogen-bond donors (Lipinski definition) is 3. The number of carbonyl (C=O) groups is 4. The minimum atomic E-state index is -0.674. The zero-order chi connectivity index (χ0) is 32.2. The van der Waals surface area contributed by atoms with Gasteiger partial charge in [0.15, 0.2) is 0 Å². The van der Waals surface area contributed by atoms with E-state index in [1.807, 2.05) is 36.2 Å². The van der Waals surface area contributed by atoms with Crippen molar-refractivity contribution in [3.63, 3.8) is 0 Å². The molecule has 242 valence electrons. The second-order valence-electron chi connectivity index (χ2n) is 12.1. The molecule has 4 amide bonds. The Morgan fingerprint density at radius 3 is 2.27 bits per heavy atom. The van der Waals surface area contributed by atoms with Gasteiger partial charge in [0.25, 0.3) is 5.91 Å². The largest absolute Gasteiger partial charge is 0.350 e. The summed E-state index contributed by atoms with van der Waals surface area (Å²) in [6.45, 7) is 5.14. The molecule has 1 aromatic carbocycles. The minimum Gasteiger partial charge on any atom is -0.350 e. The Morgan fingerprint density at radius 1 is 0.956 bits per heavy atom. The van der Waals surface area contributed by atoms with Crippen molar-refractivity contribution in [3.8, 4) is 12.3 Å². The fraction of sp³-hybridized carbons (Fsp3) is 0.559. The highest BCUT2D eigenvalue weighted by Gasteiger charge is 2.32. The number of carbonyl (C=O) groups excluding carboxylic acids is 4. The quantitative estimate of drug-likeness (QED) is 0.247. The van der Waals surface area contributed by atoms with Crippen LogP contribution in [-0.4, -0.2) is 88.5 Å². The Bertz CT molecular complexity index is 1330. The summed E-state index contributed by atoms with van der Waals surface area (Å²) in [5, 5.41) is 13.1. The number of hydrogen-bond acceptors (Lipinski definition) is 6. The van der Waals surface area contributed by atoms with Gasteiger partial charge in [0.1, 0.15) is 24.3 Å². The lowest BCUT2D eigenvalue weighted by Gasteiger charge is -2.34. The number of amides is 4. The van der Waals surface area contributed by atoms with Crippen molar-refractivity contribution in [3.05, 3.63) is 53.3 Å². The average Bonchev–Trinajstić information content (AvgIpc) is 3.35. The van der Waals surface area contributed by atoms with Crippen LogP contribution < -0.4 is 16.0 Å². The van der Waals surface area contributed by atoms with Crippen LogP contribution in [0.1, 0.15) is 73.5 Å². The summed E-state index contributed by atoms with van der Waals surface area (Å²) in [5.41, 5.74) is 2.14. The Kier molecular flexibility index (Phi) is 12.6. The summed E-state index contributed by atoms with van der Waals surface area (Å²) < 4.78 is 1.45. The molecule has 11 heteroatoms. The normalized spacial score (nSPS) is 17.4. The van der Waals surface area contributed by atoms with Crippen molar-refractivity contribution in [2.75, 3.05) is 33.2 Å². The van der Waals surface area contributed by atoms with E-state index < -0.39 is 12.1 Å². The van der Waals surface area contributed by atoms with Crippen LogP contribution in [0.15, 0.2) is 36.5 Å². The molecule has 4 rings (SSSR count). The van der Waals surface area contributed by atoms with Crippen molar-refractivity contribution < 1.29 is 19.2 Å². The molecule has 0 bridgehead atoms. The topological polar surface area (TPSA) is 129 Å². The highest BCUT2D eigenvalue weighted by Crippen LogP contribution is 2.26. The van der Waals surface area contributed by atoms with Gasteiger partial charge in [0.05, 0.1) is 0 Å². The molecule has 2 atom stereocenters. The smallest absolute Gasteiger partial charge is 0.270 e. The molecule has 1 saturated carbocycles. The molecule has 1 aliphatic heterocycles. The SMILES string of the molecule is C#CCn1nccc1C(=O)N[C@H](C(=O)NCc1ccc(C[C@@H](NC(=O)CC)C(=O)N2CCN(C)CC2)cc1)C1CCCCCC1. The van der Waals surface area contributed by atoms with Gasteiger partial charge in [-0.25, -0.2) is 4.68 Å². The van der Waals surface area contributed by atoms with Crippen molar-refractivity contribution in [2.24, 2.45) is 5.92 Å². The molecule has 0 spiro atoms. The highest BCUT2D eigenvalue weighted by atomic mass is 16.2. The Hall–Kier alpha value is -4.17. The molecule has 11 nitrogen and oxygen atoms in total. The van der Waals surface area contributed by atoms with Crippen LogP contribution in [0.2, 0.25) is 0 Å². The summed E-state index contributed by atoms with van der Waals surface area (Å²) in [5.74, 6) is 1.74. The van der Waals surface area contributed by atoms with E-state index in [1.165, 1.54) is 10.9 Å². The van der Waals surface area contributed by atoms with Crippen LogP contribution in [0.4, 0.5) is 0 Å². The zero-order valence-electron chi connectivity index (χ0n) is 26.6. The second kappa shape index (κ2) is 16.8. The number of nitrogens with zero attached hydrogens (tertiary/aromatic N) is 4. The van der Waals surface area contributed by atoms with E-state index in [2.05, 4.69) is 31.9 Å². The lowest BCUT2D eigenvalue weighted by molar-refractivity contribution is -0.137. The summed E-state index contributed by atoms with van der Waals surface area (Å²) >= 11 is 0. The van der Waals surface area contributed by atoms with Crippen LogP contribution in [0.5, 0.6) is 0 Å². The number of likely N-dealkylation sites (N-methyl/N-ethyl adjacent to an activating group) is 1. The van der Waals surface area contributed by atoms with Crippen molar-refractivity contribution in [1.29, 1.82) is 0 Å². The lowest BCUT2D eigenvalue weighted by Crippen LogP contribution is -2.54. The third-order valence-corrected chi connectivity index (χ3v) is 8.83. The van der Waals surface area contributed by atoms with E-state index in [-0.39, 0.29) is 36.1 Å². The Balaban J connectivity index is 1.39. The van der Waals surface area contributed by atoms with E-state index in [0.29, 0.717) is 38.2 Å². The third kappa shape index (κ3) is 9.66. The van der Waals surface area contributed by atoms with Gasteiger partial charge in [-0.1, -0.05) is 62.8 Å². The maximum Gasteiger partial charge on any atom is 0.270 e. The number of piperazine rings is 1. The van der Waals surface area contributed by atoms with Crippen LogP contribution in [0.25, 0.3) is 0 Å². The average molecular weight is 618 g/mol. The fourth-order valence-electron chi connectivity index (χ4n) is 6.07. The van der Waals surface area contributed by atoms with Crippen LogP contribution in [-0.2, 0) is 33.9 Å². The van der Waals surface area contributed by atoms with Gasteiger partial charge in [-0.05, 0) is 43.0 Å². The molecule has 2 fully saturated rings. The standard InChI is InChI=1S/C34H47N7O4/c1-4-18-41-29(16-17-36-41)32(43)38-31(27-10-8-6-7-9-11-27)33(44)35-24-26-14-12-25(13-15-26)23-28(37-30(42)5-2)34(45)40-21-19-39(3)20-22-40/h1,12-17,27-28,31H,5-11,18-24H2,2-3H3,(H,35,44)(H,37,42)(H,38,43)/t28-,31+/m1/s1. The van der Waals surface area contributed by atoms with Gasteiger partial charge in [-0.15, -0.1) is 6.42 Å². The van der Waals surface area contributed by atoms with Gasteiger partial charge < -0.3 is 25.8 Å². The minimum absolute atomic E-state index is 0.0379. The van der Waals surface area contributed by atoms with E-state index in [0.717, 1.165) is 62.7 Å². The second-order valence-corrected chi connectivity index (χ2v) is 12.1. The van der Waals surface area contributed by atoms with Gasteiger partial charge in [-0.3, -0.25) is 19.2 Å². The maximum atomic E-state index is 13.6. The third-order valence-electron chi connectivity index (χ3n) is 8.83. The summed E-state index contributed by atoms with van der Waals surface area (Å²) in [6.07, 6.45) is 13.7. The van der Waals surface area contributed by atoms with Gasteiger partial charge >= 0.3 is 0 Å². The zero-order valence-corrected chi connectivity index (χ0v) is 26.6. The molecule has 0 radical (unpaired) electrons. The first-order valence-corrected chi connectivity index (χ1v) is 16.2. The van der Waals surface area contributed by atoms with Crippen molar-refractivity contribution in [1.82, 2.24) is 35.5 Å². The monoisotopic (exact) mass is 617 g/mol. The predicted octanol–water partition coefficient (Wildman–Crippen LogP) is 2.11. The molecule has 1 aromatic heterocycles. The van der Waals surface area contributed by atoms with Crippen LogP contribution >= 0.6 is 0 Å². The van der Waals surface area contributed by atoms with Crippen molar-refractivity contribution in [2.45, 2.75) is 83.5 Å². The number of rotatable bonds is 12. The number of nitrogens with one attached hydrogen (secondary N) is 3.